The van der Waals surface area contributed by atoms with E-state index in [0.717, 1.165) is 65.3 Å². The Kier molecular flexibility index (Phi) is 8.72. The highest BCUT2D eigenvalue weighted by Gasteiger charge is 2.30. The number of fused-ring (bicyclic) bond motifs is 1. The van der Waals surface area contributed by atoms with E-state index in [2.05, 4.69) is 69.6 Å². The van der Waals surface area contributed by atoms with Crippen LogP contribution in [0, 0.1) is 11.3 Å². The molecule has 226 valence electrons. The van der Waals surface area contributed by atoms with Crippen LogP contribution in [0.5, 0.6) is 0 Å². The molecule has 6 rings (SSSR count). The summed E-state index contributed by atoms with van der Waals surface area (Å²) in [6.07, 6.45) is 11.4. The molecular weight excluding hydrogens is 588 g/mol. The van der Waals surface area contributed by atoms with Crippen molar-refractivity contribution in [3.05, 3.63) is 118 Å². The highest BCUT2D eigenvalue weighted by atomic mass is 35.5. The van der Waals surface area contributed by atoms with Gasteiger partial charge in [-0.2, -0.15) is 5.26 Å². The predicted octanol–water partition coefficient (Wildman–Crippen LogP) is 5.74. The minimum Gasteiger partial charge on any atom is -0.360 e. The SMILES string of the molecule is CC(C)N1CCN(Cc2ccc(C3(N)C=CC4=C(Nc5ccc(Sc6nccn6C)c(Cl)c5)C(C#N)=CNC4=C3)cc2)CC1. The zero-order valence-corrected chi connectivity index (χ0v) is 26.8. The van der Waals surface area contributed by atoms with Gasteiger partial charge in [0.25, 0.3) is 0 Å². The highest BCUT2D eigenvalue weighted by molar-refractivity contribution is 7.99. The molecule has 44 heavy (non-hydrogen) atoms. The Hall–Kier alpha value is -3.78. The van der Waals surface area contributed by atoms with Crippen LogP contribution < -0.4 is 16.4 Å². The molecule has 0 bridgehead atoms. The van der Waals surface area contributed by atoms with E-state index in [-0.39, 0.29) is 0 Å². The van der Waals surface area contributed by atoms with Gasteiger partial charge in [-0.15, -0.1) is 0 Å². The van der Waals surface area contributed by atoms with E-state index < -0.39 is 5.54 Å². The van der Waals surface area contributed by atoms with Gasteiger partial charge in [-0.25, -0.2) is 4.98 Å². The quantitative estimate of drug-likeness (QED) is 0.292. The monoisotopic (exact) mass is 624 g/mol. The zero-order valence-electron chi connectivity index (χ0n) is 25.2. The number of hydrogen-bond donors (Lipinski definition) is 3. The van der Waals surface area contributed by atoms with Crippen LogP contribution in [0.15, 0.2) is 112 Å². The van der Waals surface area contributed by atoms with Gasteiger partial charge < -0.3 is 20.9 Å². The molecule has 0 amide bonds. The molecule has 4 N–H and O–H groups in total. The molecule has 1 atom stereocenters. The van der Waals surface area contributed by atoms with Gasteiger partial charge in [0.15, 0.2) is 5.16 Å². The van der Waals surface area contributed by atoms with Crippen molar-refractivity contribution in [1.82, 2.24) is 24.7 Å². The van der Waals surface area contributed by atoms with Crippen molar-refractivity contribution in [2.45, 2.75) is 42.0 Å². The number of aryl methyl sites for hydroxylation is 1. The average molecular weight is 625 g/mol. The number of halogens is 1. The highest BCUT2D eigenvalue weighted by Crippen LogP contribution is 2.37. The molecule has 1 aliphatic carbocycles. The average Bonchev–Trinajstić information content (AvgIpc) is 3.43. The van der Waals surface area contributed by atoms with Crippen LogP contribution in [0.1, 0.15) is 25.0 Å². The van der Waals surface area contributed by atoms with E-state index in [1.54, 1.807) is 12.4 Å². The summed E-state index contributed by atoms with van der Waals surface area (Å²) in [7, 11) is 1.95. The van der Waals surface area contributed by atoms with Crippen molar-refractivity contribution in [2.75, 3.05) is 31.5 Å². The fourth-order valence-electron chi connectivity index (χ4n) is 5.73. The van der Waals surface area contributed by atoms with Crippen molar-refractivity contribution in [3.8, 4) is 6.07 Å². The van der Waals surface area contributed by atoms with Crippen molar-refractivity contribution in [3.63, 3.8) is 0 Å². The molecule has 0 spiro atoms. The second-order valence-electron chi connectivity index (χ2n) is 11.7. The molecule has 3 aliphatic rings. The summed E-state index contributed by atoms with van der Waals surface area (Å²) in [5, 5.41) is 18.1. The lowest BCUT2D eigenvalue weighted by atomic mass is 9.82. The number of piperazine rings is 1. The van der Waals surface area contributed by atoms with Crippen molar-refractivity contribution >= 4 is 29.1 Å². The number of nitriles is 1. The maximum Gasteiger partial charge on any atom is 0.172 e. The topological polar surface area (TPSA) is 98.2 Å². The van der Waals surface area contributed by atoms with Crippen molar-refractivity contribution in [2.24, 2.45) is 12.8 Å². The van der Waals surface area contributed by atoms with Crippen LogP contribution in [0.3, 0.4) is 0 Å². The third-order valence-electron chi connectivity index (χ3n) is 8.41. The lowest BCUT2D eigenvalue weighted by Crippen LogP contribution is -2.48. The zero-order chi connectivity index (χ0) is 30.8. The van der Waals surface area contributed by atoms with E-state index in [1.807, 2.05) is 54.2 Å². The molecule has 1 fully saturated rings. The third kappa shape index (κ3) is 6.36. The van der Waals surface area contributed by atoms with Gasteiger partial charge in [0.05, 0.1) is 21.8 Å². The summed E-state index contributed by atoms with van der Waals surface area (Å²) in [5.41, 5.74) is 12.1. The van der Waals surface area contributed by atoms with Crippen LogP contribution in [-0.4, -0.2) is 51.6 Å². The molecule has 0 saturated carbocycles. The number of imidazole rings is 1. The summed E-state index contributed by atoms with van der Waals surface area (Å²) in [4.78, 5) is 10.3. The van der Waals surface area contributed by atoms with Crippen LogP contribution in [0.4, 0.5) is 5.69 Å². The number of anilines is 1. The Labute approximate surface area is 268 Å². The van der Waals surface area contributed by atoms with Crippen molar-refractivity contribution < 1.29 is 0 Å². The molecule has 1 aromatic heterocycles. The van der Waals surface area contributed by atoms with Crippen LogP contribution in [0.25, 0.3) is 0 Å². The van der Waals surface area contributed by atoms with Crippen LogP contribution in [-0.2, 0) is 19.1 Å². The molecule has 1 unspecified atom stereocenters. The summed E-state index contributed by atoms with van der Waals surface area (Å²) in [6.45, 7) is 9.89. The normalized spacial score (nSPS) is 20.6. The Bertz CT molecular complexity index is 1700. The van der Waals surface area contributed by atoms with E-state index in [0.29, 0.717) is 22.3 Å². The first-order chi connectivity index (χ1) is 21.2. The number of allylic oxidation sites excluding steroid dienone is 2. The number of dihydropyridines is 1. The fraction of sp³-hybridized carbons (Fsp3) is 0.294. The largest absolute Gasteiger partial charge is 0.360 e. The van der Waals surface area contributed by atoms with Gasteiger partial charge in [0, 0.05) is 86.3 Å². The first kappa shape index (κ1) is 30.3. The number of rotatable bonds is 8. The molecule has 10 heteroatoms. The first-order valence-electron chi connectivity index (χ1n) is 14.8. The Balaban J connectivity index is 1.18. The summed E-state index contributed by atoms with van der Waals surface area (Å²) in [6, 6.07) is 17.3. The molecule has 0 radical (unpaired) electrons. The predicted molar refractivity (Wildman–Crippen MR) is 178 cm³/mol. The molecule has 1 saturated heterocycles. The Morgan fingerprint density at radius 2 is 1.93 bits per heavy atom. The number of hydrogen-bond acceptors (Lipinski definition) is 8. The van der Waals surface area contributed by atoms with E-state index in [4.69, 9.17) is 17.3 Å². The molecular formula is C34H37ClN8S. The van der Waals surface area contributed by atoms with Crippen LogP contribution in [0.2, 0.25) is 5.02 Å². The van der Waals surface area contributed by atoms with Gasteiger partial charge in [0.1, 0.15) is 6.07 Å². The summed E-state index contributed by atoms with van der Waals surface area (Å²) < 4.78 is 1.95. The fourth-order valence-corrected chi connectivity index (χ4v) is 6.84. The molecule has 3 heterocycles. The second-order valence-corrected chi connectivity index (χ2v) is 13.1. The maximum absolute atomic E-state index is 9.91. The van der Waals surface area contributed by atoms with Gasteiger partial charge in [-0.05, 0) is 49.2 Å². The van der Waals surface area contributed by atoms with E-state index in [1.165, 1.54) is 17.3 Å². The standard InChI is InChI=1S/C34H37ClN8S/c1-23(2)43-16-14-42(15-17-43)22-24-4-6-26(7-5-24)34(37)11-10-28-30(19-34)39-21-25(20-36)32(28)40-27-8-9-31(29(35)18-27)44-33-38-12-13-41(33)3/h4-13,18-19,21,23,39-40H,14-17,22,37H2,1-3H3. The van der Waals surface area contributed by atoms with E-state index >= 15 is 0 Å². The number of nitrogens with one attached hydrogen (secondary N) is 2. The van der Waals surface area contributed by atoms with Crippen LogP contribution >= 0.6 is 23.4 Å². The lowest BCUT2D eigenvalue weighted by Gasteiger charge is -2.37. The van der Waals surface area contributed by atoms with E-state index in [9.17, 15) is 5.26 Å². The van der Waals surface area contributed by atoms with Gasteiger partial charge in [-0.1, -0.05) is 59.8 Å². The molecule has 2 aromatic carbocycles. The lowest BCUT2D eigenvalue weighted by molar-refractivity contribution is 0.104. The number of aromatic nitrogens is 2. The number of nitrogens with two attached hydrogens (primary N) is 1. The third-order valence-corrected chi connectivity index (χ3v) is 9.98. The van der Waals surface area contributed by atoms with Gasteiger partial charge >= 0.3 is 0 Å². The summed E-state index contributed by atoms with van der Waals surface area (Å²) in [5.74, 6) is 0. The van der Waals surface area contributed by atoms with Gasteiger partial charge in [-0.3, -0.25) is 9.80 Å². The smallest absolute Gasteiger partial charge is 0.172 e. The molecule has 3 aromatic rings. The molecule has 2 aliphatic heterocycles. The Morgan fingerprint density at radius 1 is 1.16 bits per heavy atom. The molecule has 8 nitrogen and oxygen atoms in total. The summed E-state index contributed by atoms with van der Waals surface area (Å²) >= 11 is 8.16. The minimum absolute atomic E-state index is 0.493. The Morgan fingerprint density at radius 3 is 2.59 bits per heavy atom. The number of nitrogens with zero attached hydrogens (tertiary/aromatic N) is 5. The van der Waals surface area contributed by atoms with Gasteiger partial charge in [0.2, 0.25) is 0 Å². The minimum atomic E-state index is -0.788. The maximum atomic E-state index is 9.91. The number of benzene rings is 2. The first-order valence-corrected chi connectivity index (χ1v) is 16.0. The van der Waals surface area contributed by atoms with Crippen molar-refractivity contribution in [1.29, 1.82) is 5.26 Å². The second kappa shape index (κ2) is 12.7.